The van der Waals surface area contributed by atoms with Gasteiger partial charge < -0.3 is 19.6 Å². The molecule has 0 radical (unpaired) electrons. The number of amides is 1. The molecule has 1 amide bonds. The zero-order valence-corrected chi connectivity index (χ0v) is 16.0. The highest BCUT2D eigenvalue weighted by Gasteiger charge is 2.47. The highest BCUT2D eigenvalue weighted by Crippen LogP contribution is 2.52. The Morgan fingerprint density at radius 1 is 1.18 bits per heavy atom. The van der Waals surface area contributed by atoms with Crippen LogP contribution in [-0.2, 0) is 5.41 Å². The van der Waals surface area contributed by atoms with Gasteiger partial charge in [0, 0.05) is 24.1 Å². The van der Waals surface area contributed by atoms with E-state index in [2.05, 4.69) is 6.07 Å². The second kappa shape index (κ2) is 6.40. The van der Waals surface area contributed by atoms with E-state index in [1.54, 1.807) is 18.2 Å². The van der Waals surface area contributed by atoms with Crippen LogP contribution in [0.15, 0.2) is 36.5 Å². The molecule has 5 rings (SSSR count). The van der Waals surface area contributed by atoms with Gasteiger partial charge in [0.1, 0.15) is 13.2 Å². The fourth-order valence-electron chi connectivity index (χ4n) is 5.09. The largest absolute Gasteiger partial charge is 0.618 e. The van der Waals surface area contributed by atoms with Crippen LogP contribution in [0.1, 0.15) is 60.3 Å². The predicted octanol–water partition coefficient (Wildman–Crippen LogP) is 3.12. The molecule has 28 heavy (non-hydrogen) atoms. The zero-order valence-electron chi connectivity index (χ0n) is 16.0. The van der Waals surface area contributed by atoms with Crippen LogP contribution in [0.5, 0.6) is 11.5 Å². The molecule has 3 heterocycles. The normalized spacial score (nSPS) is 22.2. The van der Waals surface area contributed by atoms with Crippen LogP contribution in [0.3, 0.4) is 0 Å². The predicted molar refractivity (Wildman–Crippen MR) is 102 cm³/mol. The maximum atomic E-state index is 13.3. The van der Waals surface area contributed by atoms with Crippen molar-refractivity contribution in [1.29, 1.82) is 0 Å². The number of pyridine rings is 1. The number of nitrogens with zero attached hydrogens (tertiary/aromatic N) is 2. The SMILES string of the molecule is CC1c2cc3c(cc2C2(CCCC2)CN1C(=O)c1cccc[n+]1[O-])OCCO3. The van der Waals surface area contributed by atoms with Gasteiger partial charge in [-0.3, -0.25) is 4.79 Å². The number of benzene rings is 1. The molecule has 3 aliphatic rings. The van der Waals surface area contributed by atoms with Crippen molar-refractivity contribution in [2.24, 2.45) is 0 Å². The third kappa shape index (κ3) is 2.54. The molecule has 1 saturated carbocycles. The Labute approximate surface area is 164 Å². The number of hydrogen-bond acceptors (Lipinski definition) is 4. The summed E-state index contributed by atoms with van der Waals surface area (Å²) in [6.45, 7) is 3.77. The fourth-order valence-corrected chi connectivity index (χ4v) is 5.09. The minimum atomic E-state index is -0.213. The van der Waals surface area contributed by atoms with Gasteiger partial charge in [-0.25, -0.2) is 0 Å². The van der Waals surface area contributed by atoms with Gasteiger partial charge in [0.15, 0.2) is 17.7 Å². The van der Waals surface area contributed by atoms with Crippen molar-refractivity contribution in [2.45, 2.75) is 44.1 Å². The minimum absolute atomic E-state index is 0.0736. The third-order valence-electron chi connectivity index (χ3n) is 6.54. The number of carbonyl (C=O) groups excluding carboxylic acids is 1. The second-order valence-electron chi connectivity index (χ2n) is 8.09. The summed E-state index contributed by atoms with van der Waals surface area (Å²) in [7, 11) is 0. The minimum Gasteiger partial charge on any atom is -0.618 e. The molecule has 1 spiro atoms. The van der Waals surface area contributed by atoms with Crippen LogP contribution in [-0.4, -0.2) is 30.6 Å². The van der Waals surface area contributed by atoms with E-state index in [4.69, 9.17) is 9.47 Å². The molecule has 0 bridgehead atoms. The number of aromatic nitrogens is 1. The average Bonchev–Trinajstić information content (AvgIpc) is 3.19. The Hall–Kier alpha value is -2.76. The number of hydrogen-bond donors (Lipinski definition) is 0. The lowest BCUT2D eigenvalue weighted by Gasteiger charge is -2.46. The Morgan fingerprint density at radius 2 is 1.89 bits per heavy atom. The van der Waals surface area contributed by atoms with Crippen LogP contribution in [0.25, 0.3) is 0 Å². The lowest BCUT2D eigenvalue weighted by molar-refractivity contribution is -0.608. The first-order chi connectivity index (χ1) is 13.6. The summed E-state index contributed by atoms with van der Waals surface area (Å²) in [6.07, 6.45) is 5.77. The molecule has 1 aromatic heterocycles. The molecular weight excluding hydrogens is 356 g/mol. The van der Waals surface area contributed by atoms with Crippen LogP contribution in [0, 0.1) is 5.21 Å². The van der Waals surface area contributed by atoms with Gasteiger partial charge >= 0.3 is 5.91 Å². The smallest absolute Gasteiger partial charge is 0.320 e. The van der Waals surface area contributed by atoms with E-state index in [0.29, 0.717) is 24.5 Å². The van der Waals surface area contributed by atoms with E-state index in [1.165, 1.54) is 11.8 Å². The molecule has 0 saturated heterocycles. The van der Waals surface area contributed by atoms with Gasteiger partial charge in [0.05, 0.1) is 6.04 Å². The number of fused-ring (bicyclic) bond motifs is 3. The number of ether oxygens (including phenoxy) is 2. The van der Waals surface area contributed by atoms with Gasteiger partial charge in [-0.15, -0.1) is 0 Å². The van der Waals surface area contributed by atoms with E-state index < -0.39 is 0 Å². The maximum Gasteiger partial charge on any atom is 0.320 e. The molecule has 146 valence electrons. The highest BCUT2D eigenvalue weighted by molar-refractivity contribution is 5.91. The van der Waals surface area contributed by atoms with Crippen molar-refractivity contribution in [3.8, 4) is 11.5 Å². The second-order valence-corrected chi connectivity index (χ2v) is 8.09. The van der Waals surface area contributed by atoms with Crippen LogP contribution in [0.2, 0.25) is 0 Å². The Bertz CT molecular complexity index is 936. The molecule has 2 aliphatic heterocycles. The summed E-state index contributed by atoms with van der Waals surface area (Å²) in [4.78, 5) is 15.2. The molecule has 2 aromatic rings. The molecule has 0 N–H and O–H groups in total. The van der Waals surface area contributed by atoms with E-state index >= 15 is 0 Å². The van der Waals surface area contributed by atoms with Crippen LogP contribution in [0.4, 0.5) is 0 Å². The lowest BCUT2D eigenvalue weighted by Crippen LogP contribution is -2.51. The zero-order chi connectivity index (χ0) is 19.3. The van der Waals surface area contributed by atoms with E-state index in [9.17, 15) is 10.0 Å². The molecule has 1 unspecified atom stereocenters. The summed E-state index contributed by atoms with van der Waals surface area (Å²) < 4.78 is 12.3. The monoisotopic (exact) mass is 380 g/mol. The first kappa shape index (κ1) is 17.3. The average molecular weight is 380 g/mol. The quantitative estimate of drug-likeness (QED) is 0.563. The molecule has 6 nitrogen and oxygen atoms in total. The van der Waals surface area contributed by atoms with Crippen LogP contribution < -0.4 is 14.2 Å². The lowest BCUT2D eigenvalue weighted by atomic mass is 9.71. The van der Waals surface area contributed by atoms with E-state index in [0.717, 1.165) is 42.7 Å². The van der Waals surface area contributed by atoms with Crippen molar-refractivity contribution in [3.63, 3.8) is 0 Å². The fraction of sp³-hybridized carbons (Fsp3) is 0.455. The molecule has 1 atom stereocenters. The molecule has 1 aliphatic carbocycles. The van der Waals surface area contributed by atoms with Gasteiger partial charge in [-0.05, 0) is 49.1 Å². The van der Waals surface area contributed by atoms with Crippen molar-refractivity contribution >= 4 is 5.91 Å². The summed E-state index contributed by atoms with van der Waals surface area (Å²) >= 11 is 0. The van der Waals surface area contributed by atoms with Gasteiger partial charge in [-0.2, -0.15) is 4.73 Å². The molecular formula is C22H24N2O4. The van der Waals surface area contributed by atoms with Crippen molar-refractivity contribution in [2.75, 3.05) is 19.8 Å². The van der Waals surface area contributed by atoms with Gasteiger partial charge in [-0.1, -0.05) is 12.8 Å². The van der Waals surface area contributed by atoms with Crippen molar-refractivity contribution in [3.05, 3.63) is 58.6 Å². The highest BCUT2D eigenvalue weighted by atomic mass is 16.6. The Kier molecular flexibility index (Phi) is 3.96. The van der Waals surface area contributed by atoms with E-state index in [-0.39, 0.29) is 23.1 Å². The number of rotatable bonds is 1. The van der Waals surface area contributed by atoms with Crippen molar-refractivity contribution < 1.29 is 19.0 Å². The Morgan fingerprint density at radius 3 is 2.61 bits per heavy atom. The first-order valence-electron chi connectivity index (χ1n) is 10.0. The van der Waals surface area contributed by atoms with Crippen molar-refractivity contribution in [1.82, 2.24) is 4.90 Å². The summed E-state index contributed by atoms with van der Waals surface area (Å²) in [5.41, 5.74) is 2.49. The topological polar surface area (TPSA) is 65.7 Å². The summed E-state index contributed by atoms with van der Waals surface area (Å²) in [5, 5.41) is 12.2. The van der Waals surface area contributed by atoms with Gasteiger partial charge in [0.2, 0.25) is 0 Å². The summed E-state index contributed by atoms with van der Waals surface area (Å²) in [6, 6.07) is 9.03. The number of carbonyl (C=O) groups is 1. The van der Waals surface area contributed by atoms with Gasteiger partial charge in [0.25, 0.3) is 5.69 Å². The first-order valence-corrected chi connectivity index (χ1v) is 10.0. The maximum absolute atomic E-state index is 13.3. The molecule has 1 fully saturated rings. The third-order valence-corrected chi connectivity index (χ3v) is 6.54. The molecule has 6 heteroatoms. The molecule has 1 aromatic carbocycles. The Balaban J connectivity index is 1.62. The standard InChI is InChI=1S/C22H24N2O4/c1-15-16-12-19-20(28-11-10-27-19)13-17(16)22(7-3-4-8-22)14-23(15)21(25)18-6-2-5-9-24(18)26/h2,5-6,9,12-13,15H,3-4,7-8,10-11,14H2,1H3. The van der Waals surface area contributed by atoms with Crippen LogP contribution >= 0.6 is 0 Å². The van der Waals surface area contributed by atoms with E-state index in [1.807, 2.05) is 17.9 Å². The summed E-state index contributed by atoms with van der Waals surface area (Å²) in [5.74, 6) is 1.34.